The molecule has 0 atom stereocenters. The van der Waals surface area contributed by atoms with Crippen LogP contribution in [0.15, 0.2) is 54.6 Å². The molecule has 4 rings (SSSR count). The van der Waals surface area contributed by atoms with Gasteiger partial charge in [0.15, 0.2) is 0 Å². The van der Waals surface area contributed by atoms with Gasteiger partial charge in [-0.3, -0.25) is 0 Å². The third-order valence-corrected chi connectivity index (χ3v) is 6.45. The third-order valence-electron chi connectivity index (χ3n) is 4.85. The Hall–Kier alpha value is -2.38. The van der Waals surface area contributed by atoms with E-state index in [1.165, 1.54) is 5.56 Å². The molecule has 0 bridgehead atoms. The number of hydrogen-bond donors (Lipinski definition) is 1. The summed E-state index contributed by atoms with van der Waals surface area (Å²) in [5.41, 5.74) is 6.73. The summed E-state index contributed by atoms with van der Waals surface area (Å²) in [4.78, 5) is 7.84. The van der Waals surface area contributed by atoms with Gasteiger partial charge in [-0.15, -0.1) is 0 Å². The van der Waals surface area contributed by atoms with Crippen LogP contribution in [0, 0.1) is 32.3 Å². The van der Waals surface area contributed by atoms with Gasteiger partial charge in [-0.25, -0.2) is 4.98 Å². The first kappa shape index (κ1) is 21.8. The minimum absolute atomic E-state index is 0.494. The quantitative estimate of drug-likeness (QED) is 0.190. The van der Waals surface area contributed by atoms with Gasteiger partial charge in [0.05, 0.1) is 23.7 Å². The molecule has 0 radical (unpaired) electrons. The fraction of sp³-hybridized carbons (Fsp3) is 0.120. The number of fused-ring (bicyclic) bond motifs is 1. The Bertz CT molecular complexity index is 1310. The number of aromatic amines is 1. The molecule has 0 aliphatic rings. The Morgan fingerprint density at radius 3 is 2.39 bits per heavy atom. The lowest BCUT2D eigenvalue weighted by Gasteiger charge is -2.12. The van der Waals surface area contributed by atoms with Gasteiger partial charge in [0.25, 0.3) is 0 Å². The lowest BCUT2D eigenvalue weighted by Crippen LogP contribution is -1.99. The van der Waals surface area contributed by atoms with Crippen LogP contribution in [0.3, 0.4) is 0 Å². The van der Waals surface area contributed by atoms with E-state index in [9.17, 15) is 5.26 Å². The van der Waals surface area contributed by atoms with Crippen molar-refractivity contribution in [3.8, 4) is 11.8 Å². The monoisotopic (exact) mass is 631 g/mol. The van der Waals surface area contributed by atoms with Crippen molar-refractivity contribution in [3.63, 3.8) is 0 Å². The average Bonchev–Trinajstić information content (AvgIpc) is 3.15. The molecule has 6 heteroatoms. The number of allylic oxidation sites excluding steroid dienone is 1. The van der Waals surface area contributed by atoms with E-state index in [-0.39, 0.29) is 0 Å². The van der Waals surface area contributed by atoms with Crippen molar-refractivity contribution in [2.45, 2.75) is 20.5 Å². The van der Waals surface area contributed by atoms with Crippen molar-refractivity contribution in [1.82, 2.24) is 9.97 Å². The molecule has 0 saturated heterocycles. The zero-order valence-corrected chi connectivity index (χ0v) is 21.4. The Labute approximate surface area is 208 Å². The van der Waals surface area contributed by atoms with Gasteiger partial charge in [0.1, 0.15) is 24.3 Å². The topological polar surface area (TPSA) is 61.7 Å². The average molecular weight is 631 g/mol. The molecule has 0 spiro atoms. The Balaban J connectivity index is 1.60. The number of aryl methyl sites for hydroxylation is 2. The highest BCUT2D eigenvalue weighted by Gasteiger charge is 2.12. The van der Waals surface area contributed by atoms with E-state index in [1.807, 2.05) is 43.3 Å². The SMILES string of the molecule is Cc1ccc(COc2c(I)cc(/C=C(/C#N)c3nc4ccc(C)cc4[nH]3)cc2I)cc1. The lowest BCUT2D eigenvalue weighted by molar-refractivity contribution is 0.301. The summed E-state index contributed by atoms with van der Waals surface area (Å²) in [5, 5.41) is 9.74. The largest absolute Gasteiger partial charge is 0.487 e. The van der Waals surface area contributed by atoms with Gasteiger partial charge in [-0.1, -0.05) is 35.9 Å². The van der Waals surface area contributed by atoms with Crippen LogP contribution >= 0.6 is 45.2 Å². The first-order chi connectivity index (χ1) is 14.9. The molecule has 3 aromatic carbocycles. The molecule has 1 heterocycles. The van der Waals surface area contributed by atoms with E-state index in [0.29, 0.717) is 18.0 Å². The van der Waals surface area contributed by atoms with E-state index in [1.54, 1.807) is 0 Å². The number of hydrogen-bond acceptors (Lipinski definition) is 3. The maximum atomic E-state index is 9.74. The van der Waals surface area contributed by atoms with E-state index in [0.717, 1.165) is 40.6 Å². The van der Waals surface area contributed by atoms with Gasteiger partial charge in [0, 0.05) is 0 Å². The summed E-state index contributed by atoms with van der Waals surface area (Å²) in [6.07, 6.45) is 1.86. The van der Waals surface area contributed by atoms with Crippen LogP contribution in [0.5, 0.6) is 5.75 Å². The first-order valence-electron chi connectivity index (χ1n) is 9.69. The van der Waals surface area contributed by atoms with Crippen molar-refractivity contribution in [3.05, 3.63) is 89.8 Å². The van der Waals surface area contributed by atoms with Crippen LogP contribution in [0.2, 0.25) is 0 Å². The maximum Gasteiger partial charge on any atom is 0.149 e. The second-order valence-corrected chi connectivity index (χ2v) is 9.69. The summed E-state index contributed by atoms with van der Waals surface area (Å²) in [6.45, 7) is 4.63. The predicted octanol–water partition coefficient (Wildman–Crippen LogP) is 7.03. The minimum Gasteiger partial charge on any atom is -0.487 e. The van der Waals surface area contributed by atoms with Gasteiger partial charge < -0.3 is 9.72 Å². The van der Waals surface area contributed by atoms with Gasteiger partial charge in [-0.05, 0) is 106 Å². The molecule has 0 aliphatic carbocycles. The lowest BCUT2D eigenvalue weighted by atomic mass is 10.1. The van der Waals surface area contributed by atoms with Gasteiger partial charge >= 0.3 is 0 Å². The number of nitrogens with zero attached hydrogens (tertiary/aromatic N) is 2. The molecule has 0 saturated carbocycles. The van der Waals surface area contributed by atoms with Crippen LogP contribution in [-0.4, -0.2) is 9.97 Å². The summed E-state index contributed by atoms with van der Waals surface area (Å²) >= 11 is 4.57. The number of ether oxygens (including phenoxy) is 1. The molecule has 0 unspecified atom stereocenters. The van der Waals surface area contributed by atoms with E-state index >= 15 is 0 Å². The Morgan fingerprint density at radius 2 is 1.71 bits per heavy atom. The fourth-order valence-electron chi connectivity index (χ4n) is 3.21. The maximum absolute atomic E-state index is 9.74. The van der Waals surface area contributed by atoms with Crippen LogP contribution in [0.4, 0.5) is 0 Å². The number of benzene rings is 3. The van der Waals surface area contributed by atoms with E-state index in [4.69, 9.17) is 4.74 Å². The fourth-order valence-corrected chi connectivity index (χ4v) is 5.34. The summed E-state index contributed by atoms with van der Waals surface area (Å²) in [6, 6.07) is 20.7. The third kappa shape index (κ3) is 5.10. The van der Waals surface area contributed by atoms with Crippen molar-refractivity contribution >= 4 is 67.9 Å². The molecular formula is C25H19I2N3O. The molecule has 4 aromatic rings. The molecule has 1 aromatic heterocycles. The Morgan fingerprint density at radius 1 is 1.03 bits per heavy atom. The molecule has 154 valence electrons. The summed E-state index contributed by atoms with van der Waals surface area (Å²) < 4.78 is 8.10. The first-order valence-corrected chi connectivity index (χ1v) is 11.8. The standard InChI is InChI=1S/C25H19I2N3O/c1-15-3-6-17(7-4-15)14-31-24-20(26)11-18(12-21(24)27)10-19(13-28)25-29-22-8-5-16(2)9-23(22)30-25/h3-12H,14H2,1-2H3,(H,29,30)/b19-10-. The number of halogens is 2. The number of H-pyrrole nitrogens is 1. The van der Waals surface area contributed by atoms with Crippen molar-refractivity contribution in [2.24, 2.45) is 0 Å². The van der Waals surface area contributed by atoms with Crippen molar-refractivity contribution in [1.29, 1.82) is 5.26 Å². The second kappa shape index (κ2) is 9.40. The predicted molar refractivity (Wildman–Crippen MR) is 142 cm³/mol. The zero-order chi connectivity index (χ0) is 22.0. The molecule has 31 heavy (non-hydrogen) atoms. The number of nitrogens with one attached hydrogen (secondary N) is 1. The molecule has 0 fully saturated rings. The van der Waals surface area contributed by atoms with Crippen LogP contribution in [0.25, 0.3) is 22.7 Å². The van der Waals surface area contributed by atoms with Crippen molar-refractivity contribution < 1.29 is 4.74 Å². The van der Waals surface area contributed by atoms with Gasteiger partial charge in [0.2, 0.25) is 0 Å². The number of aromatic nitrogens is 2. The number of rotatable bonds is 5. The Kier molecular flexibility index (Phi) is 6.62. The molecule has 0 amide bonds. The summed E-state index contributed by atoms with van der Waals surface area (Å²) in [5.74, 6) is 1.43. The van der Waals surface area contributed by atoms with Crippen LogP contribution in [0.1, 0.15) is 28.1 Å². The summed E-state index contributed by atoms with van der Waals surface area (Å²) in [7, 11) is 0. The van der Waals surface area contributed by atoms with E-state index in [2.05, 4.69) is 92.4 Å². The van der Waals surface area contributed by atoms with Gasteiger partial charge in [-0.2, -0.15) is 5.26 Å². The smallest absolute Gasteiger partial charge is 0.149 e. The molecule has 4 nitrogen and oxygen atoms in total. The van der Waals surface area contributed by atoms with Crippen LogP contribution < -0.4 is 4.74 Å². The second-order valence-electron chi connectivity index (χ2n) is 7.36. The minimum atomic E-state index is 0.494. The van der Waals surface area contributed by atoms with Crippen molar-refractivity contribution in [2.75, 3.05) is 0 Å². The highest BCUT2D eigenvalue weighted by Crippen LogP contribution is 2.31. The van der Waals surface area contributed by atoms with E-state index < -0.39 is 0 Å². The zero-order valence-electron chi connectivity index (χ0n) is 17.0. The number of nitriles is 1. The number of imidazole rings is 1. The highest BCUT2D eigenvalue weighted by atomic mass is 127. The molecule has 0 aliphatic heterocycles. The highest BCUT2D eigenvalue weighted by molar-refractivity contribution is 14.1. The van der Waals surface area contributed by atoms with Crippen LogP contribution in [-0.2, 0) is 6.61 Å². The molecule has 1 N–H and O–H groups in total. The normalized spacial score (nSPS) is 11.5. The molecular weight excluding hydrogens is 612 g/mol.